The number of amides is 2. The first-order valence-electron chi connectivity index (χ1n) is 13.0. The van der Waals surface area contributed by atoms with Gasteiger partial charge in [-0.05, 0) is 88.6 Å². The predicted octanol–water partition coefficient (Wildman–Crippen LogP) is 5.62. The van der Waals surface area contributed by atoms with Crippen molar-refractivity contribution >= 4 is 39.5 Å². The number of hydrogen-bond acceptors (Lipinski definition) is 7. The van der Waals surface area contributed by atoms with Gasteiger partial charge in [0.15, 0.2) is 0 Å². The van der Waals surface area contributed by atoms with Gasteiger partial charge >= 0.3 is 6.09 Å². The first kappa shape index (κ1) is 25.4. The van der Waals surface area contributed by atoms with Crippen molar-refractivity contribution in [1.82, 2.24) is 20.2 Å². The molecule has 1 aliphatic carbocycles. The number of carbonyl (C=O) groups is 2. The van der Waals surface area contributed by atoms with Gasteiger partial charge in [0.25, 0.3) is 5.91 Å². The van der Waals surface area contributed by atoms with E-state index in [1.807, 2.05) is 45.2 Å². The van der Waals surface area contributed by atoms with Crippen molar-refractivity contribution < 1.29 is 14.3 Å². The fourth-order valence-electron chi connectivity index (χ4n) is 4.53. The van der Waals surface area contributed by atoms with Crippen LogP contribution in [0.15, 0.2) is 30.5 Å². The third-order valence-electron chi connectivity index (χ3n) is 6.67. The molecular weight excluding hydrogens is 486 g/mol. The minimum atomic E-state index is -0.492. The summed E-state index contributed by atoms with van der Waals surface area (Å²) < 4.78 is 5.54. The lowest BCUT2D eigenvalue weighted by molar-refractivity contribution is 0.0172. The molecule has 3 aromatic rings. The second-order valence-corrected chi connectivity index (χ2v) is 12.2. The summed E-state index contributed by atoms with van der Waals surface area (Å²) in [5, 5.41) is 7.42. The number of anilines is 1. The summed E-state index contributed by atoms with van der Waals surface area (Å²) in [5.41, 5.74) is 2.36. The van der Waals surface area contributed by atoms with E-state index in [9.17, 15) is 9.59 Å². The smallest absolute Gasteiger partial charge is 0.410 e. The fourth-order valence-corrected chi connectivity index (χ4v) is 5.62. The lowest BCUT2D eigenvalue weighted by Gasteiger charge is -2.34. The van der Waals surface area contributed by atoms with E-state index < -0.39 is 5.60 Å². The molecule has 2 aromatic heterocycles. The molecular formula is C28H35N5O3S. The van der Waals surface area contributed by atoms with Crippen molar-refractivity contribution in [2.75, 3.05) is 25.0 Å². The van der Waals surface area contributed by atoms with E-state index in [1.165, 1.54) is 0 Å². The molecule has 2 aliphatic rings. The van der Waals surface area contributed by atoms with Crippen molar-refractivity contribution in [3.63, 3.8) is 0 Å². The Morgan fingerprint density at radius 3 is 2.76 bits per heavy atom. The molecule has 1 saturated carbocycles. The molecule has 8 nitrogen and oxygen atoms in total. The summed E-state index contributed by atoms with van der Waals surface area (Å²) in [7, 11) is 0. The quantitative estimate of drug-likeness (QED) is 0.437. The number of ether oxygens (including phenoxy) is 1. The number of hydrogen-bond donors (Lipinski definition) is 2. The molecule has 2 amide bonds. The molecule has 1 atom stereocenters. The van der Waals surface area contributed by atoms with E-state index in [0.717, 1.165) is 58.4 Å². The van der Waals surface area contributed by atoms with Gasteiger partial charge in [0, 0.05) is 47.7 Å². The Bertz CT molecular complexity index is 1310. The largest absolute Gasteiger partial charge is 0.444 e. The molecule has 5 rings (SSSR count). The zero-order valence-electron chi connectivity index (χ0n) is 22.0. The number of nitrogens with one attached hydrogen (secondary N) is 2. The highest BCUT2D eigenvalue weighted by Crippen LogP contribution is 2.35. The monoisotopic (exact) mass is 521 g/mol. The summed E-state index contributed by atoms with van der Waals surface area (Å²) in [6, 6.07) is 8.29. The summed E-state index contributed by atoms with van der Waals surface area (Å²) in [4.78, 5) is 38.1. The highest BCUT2D eigenvalue weighted by Gasteiger charge is 2.28. The molecule has 0 spiro atoms. The van der Waals surface area contributed by atoms with Crippen LogP contribution in [0.1, 0.15) is 62.4 Å². The van der Waals surface area contributed by atoms with Crippen molar-refractivity contribution in [3.8, 4) is 10.4 Å². The summed E-state index contributed by atoms with van der Waals surface area (Å²) in [5.74, 6) is 0.889. The number of aryl methyl sites for hydroxylation is 1. The first-order valence-corrected chi connectivity index (χ1v) is 13.9. The number of nitrogens with zero attached hydrogens (tertiary/aromatic N) is 3. The van der Waals surface area contributed by atoms with Crippen LogP contribution >= 0.6 is 11.3 Å². The number of rotatable bonds is 6. The Labute approximate surface area is 221 Å². The minimum Gasteiger partial charge on any atom is -0.444 e. The van der Waals surface area contributed by atoms with Gasteiger partial charge in [0.1, 0.15) is 10.4 Å². The van der Waals surface area contributed by atoms with Gasteiger partial charge in [-0.25, -0.2) is 14.8 Å². The molecule has 0 bridgehead atoms. The summed E-state index contributed by atoms with van der Waals surface area (Å²) in [6.07, 6.45) is 5.73. The van der Waals surface area contributed by atoms with Crippen molar-refractivity contribution in [3.05, 3.63) is 41.6 Å². The van der Waals surface area contributed by atoms with E-state index in [2.05, 4.69) is 28.6 Å². The van der Waals surface area contributed by atoms with Crippen LogP contribution in [-0.4, -0.2) is 58.1 Å². The Morgan fingerprint density at radius 1 is 1.19 bits per heavy atom. The predicted molar refractivity (Wildman–Crippen MR) is 147 cm³/mol. The van der Waals surface area contributed by atoms with Crippen LogP contribution in [0.25, 0.3) is 20.7 Å². The number of carbonyl (C=O) groups excluding carboxylic acids is 2. The van der Waals surface area contributed by atoms with Crippen LogP contribution in [0.2, 0.25) is 0 Å². The van der Waals surface area contributed by atoms with Crippen molar-refractivity contribution in [2.45, 2.75) is 65.0 Å². The Balaban J connectivity index is 1.25. The van der Waals surface area contributed by atoms with Gasteiger partial charge in [-0.3, -0.25) is 4.79 Å². The molecule has 37 heavy (non-hydrogen) atoms. The normalized spacial score (nSPS) is 18.1. The molecule has 2 fully saturated rings. The number of piperidine rings is 1. The third kappa shape index (κ3) is 6.39. The Hall–Kier alpha value is -3.20. The highest BCUT2D eigenvalue weighted by molar-refractivity contribution is 7.21. The molecule has 1 unspecified atom stereocenters. The summed E-state index contributed by atoms with van der Waals surface area (Å²) >= 11 is 1.60. The Morgan fingerprint density at radius 2 is 2.00 bits per heavy atom. The van der Waals surface area contributed by atoms with Gasteiger partial charge < -0.3 is 20.3 Å². The van der Waals surface area contributed by atoms with Crippen LogP contribution in [0.5, 0.6) is 0 Å². The molecule has 3 heterocycles. The first-order chi connectivity index (χ1) is 17.6. The second kappa shape index (κ2) is 10.3. The van der Waals surface area contributed by atoms with Crippen molar-refractivity contribution in [2.24, 2.45) is 5.92 Å². The van der Waals surface area contributed by atoms with Gasteiger partial charge in [-0.15, -0.1) is 11.3 Å². The maximum Gasteiger partial charge on any atom is 0.410 e. The van der Waals surface area contributed by atoms with Gasteiger partial charge in [0.2, 0.25) is 5.95 Å². The molecule has 1 saturated heterocycles. The van der Waals surface area contributed by atoms with Crippen LogP contribution < -0.4 is 10.6 Å². The molecule has 196 valence electrons. The van der Waals surface area contributed by atoms with Gasteiger partial charge in [-0.1, -0.05) is 6.07 Å². The maximum absolute atomic E-state index is 12.6. The van der Waals surface area contributed by atoms with E-state index >= 15 is 0 Å². The number of benzene rings is 1. The number of fused-ring (bicyclic) bond motifs is 1. The number of thiophene rings is 1. The zero-order valence-corrected chi connectivity index (χ0v) is 22.8. The lowest BCUT2D eigenvalue weighted by Crippen LogP contribution is -2.44. The Kier molecular flexibility index (Phi) is 7.07. The maximum atomic E-state index is 12.6. The molecule has 1 aromatic carbocycles. The third-order valence-corrected chi connectivity index (χ3v) is 7.75. The molecule has 2 N–H and O–H groups in total. The summed E-state index contributed by atoms with van der Waals surface area (Å²) in [6.45, 7) is 9.82. The highest BCUT2D eigenvalue weighted by atomic mass is 32.1. The average Bonchev–Trinajstić information content (AvgIpc) is 3.57. The van der Waals surface area contributed by atoms with Crippen molar-refractivity contribution in [1.29, 1.82) is 0 Å². The fraction of sp³-hybridized carbons (Fsp3) is 0.500. The van der Waals surface area contributed by atoms with E-state index in [4.69, 9.17) is 9.72 Å². The topological polar surface area (TPSA) is 96.5 Å². The number of aromatic nitrogens is 2. The number of likely N-dealkylation sites (tertiary alicyclic amines) is 1. The van der Waals surface area contributed by atoms with Gasteiger partial charge in [-0.2, -0.15) is 0 Å². The minimum absolute atomic E-state index is 0.0101. The average molecular weight is 522 g/mol. The van der Waals surface area contributed by atoms with Crippen LogP contribution in [0.4, 0.5) is 10.7 Å². The van der Waals surface area contributed by atoms with E-state index in [1.54, 1.807) is 16.2 Å². The van der Waals surface area contributed by atoms with E-state index in [-0.39, 0.29) is 12.0 Å². The molecule has 9 heteroatoms. The van der Waals surface area contributed by atoms with Crippen LogP contribution in [-0.2, 0) is 4.74 Å². The van der Waals surface area contributed by atoms with E-state index in [0.29, 0.717) is 36.6 Å². The standard InChI is InChI=1S/C28H35N5O3S/c1-17-7-8-19(24(34)31-21-9-10-21)12-22(17)23-13-20-15-30-26(32-25(20)37-23)29-14-18-6-5-11-33(16-18)27(35)36-28(2,3)4/h7-8,12-13,15,18,21H,5-6,9-11,14,16H2,1-4H3,(H,31,34)(H,29,30,32). The molecule has 1 aliphatic heterocycles. The van der Waals surface area contributed by atoms with Gasteiger partial charge in [0.05, 0.1) is 0 Å². The second-order valence-electron chi connectivity index (χ2n) is 11.2. The molecule has 0 radical (unpaired) electrons. The zero-order chi connectivity index (χ0) is 26.2. The van der Waals surface area contributed by atoms with Crippen LogP contribution in [0, 0.1) is 12.8 Å². The van der Waals surface area contributed by atoms with Crippen LogP contribution in [0.3, 0.4) is 0 Å². The SMILES string of the molecule is Cc1ccc(C(=O)NC2CC2)cc1-c1cc2cnc(NCC3CCCN(C(=O)OC(C)(C)C)C3)nc2s1. The lowest BCUT2D eigenvalue weighted by atomic mass is 9.98.